The van der Waals surface area contributed by atoms with Gasteiger partial charge in [0.25, 0.3) is 0 Å². The average Bonchev–Trinajstić information content (AvgIpc) is 2.50. The third-order valence-corrected chi connectivity index (χ3v) is 4.39. The first-order valence-electron chi connectivity index (χ1n) is 6.67. The van der Waals surface area contributed by atoms with E-state index in [2.05, 4.69) is 20.8 Å². The zero-order chi connectivity index (χ0) is 14.0. The first kappa shape index (κ1) is 14.5. The molecule has 3 nitrogen and oxygen atoms in total. The normalized spacial score (nSPS) is 24.1. The number of rotatable bonds is 2. The molecule has 1 saturated heterocycles. The maximum atomic E-state index is 11.4. The first-order chi connectivity index (χ1) is 8.89. The summed E-state index contributed by atoms with van der Waals surface area (Å²) in [6.07, 6.45) is 2.59. The average molecular weight is 326 g/mol. The number of ketones is 1. The van der Waals surface area contributed by atoms with Gasteiger partial charge in [-0.05, 0) is 67.2 Å². The molecule has 1 aliphatic heterocycles. The van der Waals surface area contributed by atoms with Gasteiger partial charge in [0.15, 0.2) is 5.78 Å². The van der Waals surface area contributed by atoms with Crippen molar-refractivity contribution in [3.05, 3.63) is 28.2 Å². The number of hydrogen-bond acceptors (Lipinski definition) is 3. The summed E-state index contributed by atoms with van der Waals surface area (Å²) >= 11 is 3.55. The molecule has 1 unspecified atom stereocenters. The zero-order valence-corrected chi connectivity index (χ0v) is 13.0. The highest BCUT2D eigenvalue weighted by Crippen LogP contribution is 2.31. The summed E-state index contributed by atoms with van der Waals surface area (Å²) in [5, 5.41) is 10.1. The second-order valence-electron chi connectivity index (χ2n) is 5.56. The van der Waals surface area contributed by atoms with Crippen LogP contribution in [-0.2, 0) is 0 Å². The standard InChI is InChI=1S/C15H20BrNO2/c1-11(18)12-4-5-14(13(16)10-12)17-8-3-6-15(2,19)7-9-17/h4-5,10,19H,3,6-9H2,1-2H3. The van der Waals surface area contributed by atoms with Gasteiger partial charge in [-0.3, -0.25) is 4.79 Å². The van der Waals surface area contributed by atoms with Crippen molar-refractivity contribution in [2.45, 2.75) is 38.7 Å². The maximum absolute atomic E-state index is 11.4. The number of benzene rings is 1. The lowest BCUT2D eigenvalue weighted by Crippen LogP contribution is -2.28. The Hall–Kier alpha value is -0.870. The Morgan fingerprint density at radius 2 is 2.11 bits per heavy atom. The van der Waals surface area contributed by atoms with Gasteiger partial charge in [-0.2, -0.15) is 0 Å². The summed E-state index contributed by atoms with van der Waals surface area (Å²) in [5.74, 6) is 0.0750. The first-order valence-corrected chi connectivity index (χ1v) is 7.46. The largest absolute Gasteiger partial charge is 0.390 e. The molecule has 4 heteroatoms. The van der Waals surface area contributed by atoms with Gasteiger partial charge in [-0.1, -0.05) is 0 Å². The molecule has 1 aromatic carbocycles. The molecule has 2 rings (SSSR count). The number of anilines is 1. The molecule has 0 aromatic heterocycles. The van der Waals surface area contributed by atoms with Gasteiger partial charge in [0.2, 0.25) is 0 Å². The predicted molar refractivity (Wildman–Crippen MR) is 80.8 cm³/mol. The smallest absolute Gasteiger partial charge is 0.159 e. The second kappa shape index (κ2) is 5.63. The maximum Gasteiger partial charge on any atom is 0.159 e. The van der Waals surface area contributed by atoms with E-state index in [1.807, 2.05) is 25.1 Å². The van der Waals surface area contributed by atoms with Crippen molar-refractivity contribution in [1.29, 1.82) is 0 Å². The molecule has 1 N–H and O–H groups in total. The number of aliphatic hydroxyl groups is 1. The molecule has 0 amide bonds. The van der Waals surface area contributed by atoms with Gasteiger partial charge in [0, 0.05) is 23.1 Å². The van der Waals surface area contributed by atoms with Crippen LogP contribution in [-0.4, -0.2) is 29.6 Å². The Balaban J connectivity index is 2.20. The molecule has 0 bridgehead atoms. The highest BCUT2D eigenvalue weighted by Gasteiger charge is 2.25. The third kappa shape index (κ3) is 3.57. The Morgan fingerprint density at radius 3 is 2.74 bits per heavy atom. The Kier molecular flexibility index (Phi) is 4.31. The van der Waals surface area contributed by atoms with E-state index in [1.165, 1.54) is 0 Å². The zero-order valence-electron chi connectivity index (χ0n) is 11.4. The highest BCUT2D eigenvalue weighted by molar-refractivity contribution is 9.10. The van der Waals surface area contributed by atoms with Gasteiger partial charge in [0.1, 0.15) is 0 Å². The van der Waals surface area contributed by atoms with E-state index in [0.717, 1.165) is 48.1 Å². The van der Waals surface area contributed by atoms with E-state index in [9.17, 15) is 9.90 Å². The van der Waals surface area contributed by atoms with Crippen LogP contribution >= 0.6 is 15.9 Å². The lowest BCUT2D eigenvalue weighted by molar-refractivity contribution is 0.0481. The van der Waals surface area contributed by atoms with Crippen LogP contribution in [0.5, 0.6) is 0 Å². The number of halogens is 1. The third-order valence-electron chi connectivity index (χ3n) is 3.76. The topological polar surface area (TPSA) is 40.5 Å². The molecule has 0 spiro atoms. The van der Waals surface area contributed by atoms with E-state index in [0.29, 0.717) is 0 Å². The Bertz CT molecular complexity index is 485. The summed E-state index contributed by atoms with van der Waals surface area (Å²) in [5.41, 5.74) is 1.26. The number of hydrogen-bond donors (Lipinski definition) is 1. The fourth-order valence-corrected chi connectivity index (χ4v) is 3.12. The molecule has 0 saturated carbocycles. The lowest BCUT2D eigenvalue weighted by Gasteiger charge is -2.25. The highest BCUT2D eigenvalue weighted by atomic mass is 79.9. The quantitative estimate of drug-likeness (QED) is 0.847. The van der Waals surface area contributed by atoms with E-state index in [4.69, 9.17) is 0 Å². The van der Waals surface area contributed by atoms with Gasteiger partial charge in [0.05, 0.1) is 11.3 Å². The molecule has 1 heterocycles. The van der Waals surface area contributed by atoms with Crippen molar-refractivity contribution >= 4 is 27.4 Å². The van der Waals surface area contributed by atoms with Crippen LogP contribution < -0.4 is 4.90 Å². The summed E-state index contributed by atoms with van der Waals surface area (Å²) in [6.45, 7) is 5.26. The van der Waals surface area contributed by atoms with Crippen LogP contribution in [0.15, 0.2) is 22.7 Å². The van der Waals surface area contributed by atoms with Gasteiger partial charge >= 0.3 is 0 Å². The van der Waals surface area contributed by atoms with Crippen LogP contribution in [0.3, 0.4) is 0 Å². The van der Waals surface area contributed by atoms with Crippen LogP contribution in [0.1, 0.15) is 43.5 Å². The monoisotopic (exact) mass is 325 g/mol. The lowest BCUT2D eigenvalue weighted by atomic mass is 9.98. The summed E-state index contributed by atoms with van der Waals surface area (Å²) in [7, 11) is 0. The molecule has 0 aliphatic carbocycles. The molecule has 19 heavy (non-hydrogen) atoms. The summed E-state index contributed by atoms with van der Waals surface area (Å²) < 4.78 is 0.946. The van der Waals surface area contributed by atoms with E-state index < -0.39 is 5.60 Å². The number of nitrogens with zero attached hydrogens (tertiary/aromatic N) is 1. The van der Waals surface area contributed by atoms with Gasteiger partial charge in [-0.25, -0.2) is 0 Å². The van der Waals surface area contributed by atoms with Crippen LogP contribution in [0.25, 0.3) is 0 Å². The Labute approximate surface area is 122 Å². The molecule has 104 valence electrons. The van der Waals surface area contributed by atoms with Gasteiger partial charge < -0.3 is 10.0 Å². The number of carbonyl (C=O) groups excluding carboxylic acids is 1. The fraction of sp³-hybridized carbons (Fsp3) is 0.533. The van der Waals surface area contributed by atoms with Crippen molar-refractivity contribution in [1.82, 2.24) is 0 Å². The fourth-order valence-electron chi connectivity index (χ4n) is 2.49. The molecule has 1 aliphatic rings. The summed E-state index contributed by atoms with van der Waals surface area (Å²) in [4.78, 5) is 13.6. The minimum Gasteiger partial charge on any atom is -0.390 e. The van der Waals surface area contributed by atoms with Crippen molar-refractivity contribution in [3.8, 4) is 0 Å². The minimum absolute atomic E-state index is 0.0750. The molecular weight excluding hydrogens is 306 g/mol. The van der Waals surface area contributed by atoms with Gasteiger partial charge in [-0.15, -0.1) is 0 Å². The second-order valence-corrected chi connectivity index (χ2v) is 6.41. The molecular formula is C15H20BrNO2. The number of carbonyl (C=O) groups is 1. The van der Waals surface area contributed by atoms with Crippen LogP contribution in [0.2, 0.25) is 0 Å². The van der Waals surface area contributed by atoms with Crippen molar-refractivity contribution in [2.24, 2.45) is 0 Å². The van der Waals surface area contributed by atoms with Crippen LogP contribution in [0, 0.1) is 0 Å². The predicted octanol–water partition coefficient (Wildman–Crippen LogP) is 3.39. The van der Waals surface area contributed by atoms with E-state index in [1.54, 1.807) is 6.92 Å². The van der Waals surface area contributed by atoms with E-state index >= 15 is 0 Å². The Morgan fingerprint density at radius 1 is 1.37 bits per heavy atom. The van der Waals surface area contributed by atoms with Crippen molar-refractivity contribution < 1.29 is 9.90 Å². The molecule has 0 radical (unpaired) electrons. The minimum atomic E-state index is -0.555. The molecule has 1 atom stereocenters. The SMILES string of the molecule is CC(=O)c1ccc(N2CCCC(C)(O)CC2)c(Br)c1. The van der Waals surface area contributed by atoms with Crippen LogP contribution in [0.4, 0.5) is 5.69 Å². The van der Waals surface area contributed by atoms with E-state index in [-0.39, 0.29) is 5.78 Å². The summed E-state index contributed by atoms with van der Waals surface area (Å²) in [6, 6.07) is 5.73. The number of Topliss-reactive ketones (excluding diaryl/α,β-unsaturated/α-hetero) is 1. The molecule has 1 aromatic rings. The molecule has 1 fully saturated rings. The van der Waals surface area contributed by atoms with Crippen molar-refractivity contribution in [2.75, 3.05) is 18.0 Å². The van der Waals surface area contributed by atoms with Crippen molar-refractivity contribution in [3.63, 3.8) is 0 Å².